The molecule has 0 unspecified atom stereocenters. The molecule has 4 rings (SSSR count). The molecule has 1 N–H and O–H groups in total. The number of rotatable bonds is 7. The van der Waals surface area contributed by atoms with Gasteiger partial charge in [-0.3, -0.25) is 19.1 Å². The molecule has 7 heteroatoms. The molecular formula is C23H20N4O2S. The lowest BCUT2D eigenvalue weighted by atomic mass is 10.2. The third-order valence-electron chi connectivity index (χ3n) is 4.50. The van der Waals surface area contributed by atoms with Crippen LogP contribution in [0.3, 0.4) is 0 Å². The van der Waals surface area contributed by atoms with Crippen molar-refractivity contribution in [3.05, 3.63) is 118 Å². The van der Waals surface area contributed by atoms with Crippen LogP contribution in [0.1, 0.15) is 11.1 Å². The van der Waals surface area contributed by atoms with Crippen LogP contribution in [-0.2, 0) is 13.1 Å². The van der Waals surface area contributed by atoms with E-state index in [1.807, 2.05) is 95.0 Å². The predicted molar refractivity (Wildman–Crippen MR) is 120 cm³/mol. The Morgan fingerprint density at radius 3 is 2.03 bits per heavy atom. The highest BCUT2D eigenvalue weighted by Gasteiger charge is 2.24. The highest BCUT2D eigenvalue weighted by Crippen LogP contribution is 2.30. The van der Waals surface area contributed by atoms with Crippen LogP contribution in [0.5, 0.6) is 0 Å². The van der Waals surface area contributed by atoms with Gasteiger partial charge in [-0.25, -0.2) is 0 Å². The molecule has 0 fully saturated rings. The van der Waals surface area contributed by atoms with Crippen LogP contribution in [0.15, 0.2) is 96.0 Å². The zero-order chi connectivity index (χ0) is 20.8. The van der Waals surface area contributed by atoms with Crippen LogP contribution in [-0.4, -0.2) is 8.88 Å². The summed E-state index contributed by atoms with van der Waals surface area (Å²) in [4.78, 5) is 16.3. The fourth-order valence-electron chi connectivity index (χ4n) is 3.08. The van der Waals surface area contributed by atoms with Crippen LogP contribution < -0.4 is 10.8 Å². The smallest absolute Gasteiger partial charge is 0.340 e. The van der Waals surface area contributed by atoms with Crippen molar-refractivity contribution in [2.75, 3.05) is 5.32 Å². The summed E-state index contributed by atoms with van der Waals surface area (Å²) in [5.74, 6) is 0. The summed E-state index contributed by atoms with van der Waals surface area (Å²) in [5.41, 5.74) is 3.22. The number of benzene rings is 3. The maximum Gasteiger partial charge on any atom is 0.347 e. The normalized spacial score (nSPS) is 11.4. The lowest BCUT2D eigenvalue weighted by Gasteiger charge is -2.03. The Balaban J connectivity index is 1.80. The summed E-state index contributed by atoms with van der Waals surface area (Å²) in [5, 5.41) is 15.7. The molecule has 0 saturated carbocycles. The first-order chi connectivity index (χ1) is 14.7. The van der Waals surface area contributed by atoms with E-state index in [0.29, 0.717) is 23.6 Å². The van der Waals surface area contributed by atoms with Gasteiger partial charge in [-0.2, -0.15) is 0 Å². The van der Waals surface area contributed by atoms with Crippen molar-refractivity contribution in [1.82, 2.24) is 3.96 Å². The van der Waals surface area contributed by atoms with E-state index in [1.165, 1.54) is 11.5 Å². The molecule has 0 radical (unpaired) electrons. The van der Waals surface area contributed by atoms with Gasteiger partial charge in [0.1, 0.15) is 0 Å². The molecule has 0 saturated heterocycles. The third kappa shape index (κ3) is 4.64. The molecule has 1 heterocycles. The summed E-state index contributed by atoms with van der Waals surface area (Å²) < 4.78 is 1.88. The highest BCUT2D eigenvalue weighted by molar-refractivity contribution is 7.11. The molecule has 6 nitrogen and oxygen atoms in total. The largest absolute Gasteiger partial charge is 0.347 e. The molecule has 0 aliphatic heterocycles. The van der Waals surface area contributed by atoms with Crippen LogP contribution in [0, 0.1) is 10.1 Å². The zero-order valence-corrected chi connectivity index (χ0v) is 17.0. The SMILES string of the molecule is O=[N+]([O-])c1c(Nc2ccccc2)sn(Cc2ccccc2)c1=NCc1ccccc1. The second-order valence-corrected chi connectivity index (χ2v) is 7.70. The van der Waals surface area contributed by atoms with E-state index in [4.69, 9.17) is 0 Å². The lowest BCUT2D eigenvalue weighted by molar-refractivity contribution is -0.385. The van der Waals surface area contributed by atoms with Crippen LogP contribution in [0.25, 0.3) is 0 Å². The predicted octanol–water partition coefficient (Wildman–Crippen LogP) is 5.35. The van der Waals surface area contributed by atoms with Crippen molar-refractivity contribution in [3.8, 4) is 0 Å². The minimum atomic E-state index is -0.354. The Kier molecular flexibility index (Phi) is 6.01. The van der Waals surface area contributed by atoms with E-state index in [1.54, 1.807) is 0 Å². The van der Waals surface area contributed by atoms with Gasteiger partial charge in [-0.05, 0) is 34.8 Å². The Bertz CT molecular complexity index is 1190. The summed E-state index contributed by atoms with van der Waals surface area (Å²) >= 11 is 1.31. The average molecular weight is 417 g/mol. The Morgan fingerprint density at radius 2 is 1.43 bits per heavy atom. The Labute approximate surface area is 178 Å². The standard InChI is InChI=1S/C23H20N4O2S/c28-27(29)21-22(24-16-18-10-4-1-5-11-18)26(17-19-12-6-2-7-13-19)30-23(21)25-20-14-8-3-9-15-20/h1-15,25H,16-17H2. The first kappa shape index (κ1) is 19.6. The minimum absolute atomic E-state index is 0.00397. The van der Waals surface area contributed by atoms with Gasteiger partial charge in [0.05, 0.1) is 18.0 Å². The van der Waals surface area contributed by atoms with Crippen LogP contribution in [0.2, 0.25) is 0 Å². The van der Waals surface area contributed by atoms with E-state index in [2.05, 4.69) is 10.3 Å². The lowest BCUT2D eigenvalue weighted by Crippen LogP contribution is -2.19. The van der Waals surface area contributed by atoms with E-state index in [9.17, 15) is 10.1 Å². The maximum absolute atomic E-state index is 12.0. The molecule has 0 aliphatic rings. The minimum Gasteiger partial charge on any atom is -0.340 e. The fourth-order valence-corrected chi connectivity index (χ4v) is 4.16. The summed E-state index contributed by atoms with van der Waals surface area (Å²) in [6.45, 7) is 0.883. The molecule has 0 bridgehead atoms. The molecular weight excluding hydrogens is 396 g/mol. The molecule has 30 heavy (non-hydrogen) atoms. The third-order valence-corrected chi connectivity index (χ3v) is 5.50. The van der Waals surface area contributed by atoms with Crippen molar-refractivity contribution >= 4 is 27.9 Å². The zero-order valence-electron chi connectivity index (χ0n) is 16.1. The number of nitro groups is 1. The number of aromatic nitrogens is 1. The summed E-state index contributed by atoms with van der Waals surface area (Å²) in [6, 6.07) is 29.1. The molecule has 0 aliphatic carbocycles. The topological polar surface area (TPSA) is 72.5 Å². The monoisotopic (exact) mass is 416 g/mol. The van der Waals surface area contributed by atoms with Crippen molar-refractivity contribution in [2.24, 2.45) is 4.99 Å². The van der Waals surface area contributed by atoms with Crippen LogP contribution in [0.4, 0.5) is 16.4 Å². The van der Waals surface area contributed by atoms with E-state index < -0.39 is 0 Å². The second kappa shape index (κ2) is 9.19. The van der Waals surface area contributed by atoms with Crippen LogP contribution >= 0.6 is 11.5 Å². The maximum atomic E-state index is 12.0. The van der Waals surface area contributed by atoms with Gasteiger partial charge in [0.25, 0.3) is 0 Å². The molecule has 1 aromatic heterocycles. The van der Waals surface area contributed by atoms with Gasteiger partial charge in [-0.1, -0.05) is 78.9 Å². The van der Waals surface area contributed by atoms with E-state index in [0.717, 1.165) is 16.8 Å². The first-order valence-corrected chi connectivity index (χ1v) is 10.3. The van der Waals surface area contributed by atoms with Gasteiger partial charge < -0.3 is 5.32 Å². The van der Waals surface area contributed by atoms with Crippen molar-refractivity contribution in [3.63, 3.8) is 0 Å². The van der Waals surface area contributed by atoms with Gasteiger partial charge in [0, 0.05) is 5.69 Å². The number of hydrogen-bond donors (Lipinski definition) is 1. The first-order valence-electron chi connectivity index (χ1n) is 9.49. The molecule has 150 valence electrons. The Morgan fingerprint density at radius 1 is 0.867 bits per heavy atom. The van der Waals surface area contributed by atoms with Crippen molar-refractivity contribution in [1.29, 1.82) is 0 Å². The van der Waals surface area contributed by atoms with E-state index >= 15 is 0 Å². The summed E-state index contributed by atoms with van der Waals surface area (Å²) in [6.07, 6.45) is 0. The molecule has 4 aromatic rings. The van der Waals surface area contributed by atoms with Gasteiger partial charge in [0.2, 0.25) is 5.49 Å². The molecule has 0 atom stereocenters. The van der Waals surface area contributed by atoms with Crippen molar-refractivity contribution in [2.45, 2.75) is 13.1 Å². The molecule has 0 amide bonds. The molecule has 0 spiro atoms. The van der Waals surface area contributed by atoms with Gasteiger partial charge in [-0.15, -0.1) is 0 Å². The quantitative estimate of drug-likeness (QED) is 0.326. The average Bonchev–Trinajstić information content (AvgIpc) is 3.11. The molecule has 3 aromatic carbocycles. The number of nitrogens with one attached hydrogen (secondary N) is 1. The number of anilines is 2. The highest BCUT2D eigenvalue weighted by atomic mass is 32.1. The Hall–Kier alpha value is -3.71. The van der Waals surface area contributed by atoms with E-state index in [-0.39, 0.29) is 10.6 Å². The number of hydrogen-bond acceptors (Lipinski definition) is 5. The number of para-hydroxylation sites is 1. The second-order valence-electron chi connectivity index (χ2n) is 6.66. The van der Waals surface area contributed by atoms with Gasteiger partial charge >= 0.3 is 5.69 Å². The summed E-state index contributed by atoms with van der Waals surface area (Å²) in [7, 11) is 0. The fraction of sp³-hybridized carbons (Fsp3) is 0.0870. The van der Waals surface area contributed by atoms with Crippen molar-refractivity contribution < 1.29 is 4.92 Å². The number of nitrogens with zero attached hydrogens (tertiary/aromatic N) is 3. The van der Waals surface area contributed by atoms with Gasteiger partial charge in [0.15, 0.2) is 5.00 Å².